The van der Waals surface area contributed by atoms with Gasteiger partial charge in [0.25, 0.3) is 10.1 Å². The minimum absolute atomic E-state index is 0. The summed E-state index contributed by atoms with van der Waals surface area (Å²) in [5.41, 5.74) is -0.434. The van der Waals surface area contributed by atoms with Gasteiger partial charge in [0.1, 0.15) is 0 Å². The van der Waals surface area contributed by atoms with E-state index in [1.54, 1.807) is 0 Å². The first-order valence-electron chi connectivity index (χ1n) is 5.01. The van der Waals surface area contributed by atoms with Gasteiger partial charge in [0.2, 0.25) is 0 Å². The number of aliphatic hydroxyl groups is 1. The first-order chi connectivity index (χ1) is 6.73. The molecule has 0 aromatic carbocycles. The molecule has 92 valence electrons. The van der Waals surface area contributed by atoms with Crippen LogP contribution in [0.2, 0.25) is 0 Å². The van der Waals surface area contributed by atoms with E-state index in [1.807, 2.05) is 20.8 Å². The first-order valence-corrected chi connectivity index (χ1v) is 6.51. The standard InChI is InChI=1S/C10H20O4S.Na.H/c1-8(2)5-4-6-9(3)7-10(11)15(12,13)14;;/h5,9-11H,4,6-7H2,1-3H3,(H,12,13,14);;/q;+1;-1. The molecule has 0 aromatic rings. The molecule has 0 radical (unpaired) electrons. The normalized spacial score (nSPS) is 14.8. The molecule has 0 amide bonds. The fourth-order valence-corrected chi connectivity index (χ4v) is 1.81. The summed E-state index contributed by atoms with van der Waals surface area (Å²) in [6.07, 6.45) is 3.81. The van der Waals surface area contributed by atoms with Gasteiger partial charge in [-0.25, -0.2) is 0 Å². The maximum Gasteiger partial charge on any atom is 1.00 e. The third-order valence-electron chi connectivity index (χ3n) is 2.16. The van der Waals surface area contributed by atoms with E-state index in [-0.39, 0.29) is 43.3 Å². The van der Waals surface area contributed by atoms with E-state index in [0.29, 0.717) is 0 Å². The molecule has 0 aromatic heterocycles. The summed E-state index contributed by atoms with van der Waals surface area (Å²) in [6.45, 7) is 5.85. The van der Waals surface area contributed by atoms with Gasteiger partial charge in [0.05, 0.1) is 0 Å². The molecule has 2 N–H and O–H groups in total. The second-order valence-electron chi connectivity index (χ2n) is 4.17. The summed E-state index contributed by atoms with van der Waals surface area (Å²) >= 11 is 0. The summed E-state index contributed by atoms with van der Waals surface area (Å²) < 4.78 is 29.6. The molecule has 6 heteroatoms. The van der Waals surface area contributed by atoms with Crippen molar-refractivity contribution < 1.29 is 49.1 Å². The number of allylic oxidation sites excluding steroid dienone is 2. The molecule has 0 saturated carbocycles. The van der Waals surface area contributed by atoms with Gasteiger partial charge in [0.15, 0.2) is 5.44 Å². The molecule has 4 nitrogen and oxygen atoms in total. The Hall–Kier alpha value is 0.610. The van der Waals surface area contributed by atoms with Crippen LogP contribution in [0.25, 0.3) is 0 Å². The Kier molecular flexibility index (Phi) is 10.3. The molecule has 0 aliphatic heterocycles. The number of hydrogen-bond donors (Lipinski definition) is 2. The van der Waals surface area contributed by atoms with Crippen LogP contribution >= 0.6 is 0 Å². The van der Waals surface area contributed by atoms with E-state index < -0.39 is 15.6 Å². The summed E-state index contributed by atoms with van der Waals surface area (Å²) in [5, 5.41) is 9.11. The Morgan fingerprint density at radius 2 is 1.94 bits per heavy atom. The Morgan fingerprint density at radius 3 is 2.31 bits per heavy atom. The molecule has 0 aliphatic rings. The Balaban J connectivity index is -0.000000980. The van der Waals surface area contributed by atoms with E-state index in [2.05, 4.69) is 6.08 Å². The summed E-state index contributed by atoms with van der Waals surface area (Å²) in [6, 6.07) is 0. The summed E-state index contributed by atoms with van der Waals surface area (Å²) in [4.78, 5) is 0. The average Bonchev–Trinajstić information content (AvgIpc) is 2.01. The quantitative estimate of drug-likeness (QED) is 0.368. The van der Waals surface area contributed by atoms with Crippen molar-refractivity contribution in [2.45, 2.75) is 45.5 Å². The predicted octanol–water partition coefficient (Wildman–Crippen LogP) is -0.918. The molecule has 0 heterocycles. The zero-order valence-electron chi connectivity index (χ0n) is 11.5. The Labute approximate surface area is 122 Å². The van der Waals surface area contributed by atoms with Gasteiger partial charge in [-0.05, 0) is 39.0 Å². The van der Waals surface area contributed by atoms with Crippen molar-refractivity contribution in [3.05, 3.63) is 11.6 Å². The SMILES string of the molecule is CC(C)=CCCC(C)CC(O)S(=O)(=O)O.[H-].[Na+]. The minimum Gasteiger partial charge on any atom is -1.00 e. The van der Waals surface area contributed by atoms with Crippen LogP contribution in [-0.2, 0) is 10.1 Å². The van der Waals surface area contributed by atoms with Crippen LogP contribution in [0.15, 0.2) is 11.6 Å². The van der Waals surface area contributed by atoms with Crippen molar-refractivity contribution in [3.63, 3.8) is 0 Å². The van der Waals surface area contributed by atoms with E-state index >= 15 is 0 Å². The summed E-state index contributed by atoms with van der Waals surface area (Å²) in [7, 11) is -4.30. The fourth-order valence-electron chi connectivity index (χ4n) is 1.24. The molecule has 2 atom stereocenters. The summed E-state index contributed by atoms with van der Waals surface area (Å²) in [5.74, 6) is 0.0672. The fraction of sp³-hybridized carbons (Fsp3) is 0.800. The molecule has 16 heavy (non-hydrogen) atoms. The molecule has 0 saturated heterocycles. The molecular formula is C10H21NaO4S. The molecule has 0 bridgehead atoms. The Bertz CT molecular complexity index is 312. The first kappa shape index (κ1) is 19.0. The van der Waals surface area contributed by atoms with E-state index in [4.69, 9.17) is 9.66 Å². The van der Waals surface area contributed by atoms with Gasteiger partial charge in [0, 0.05) is 0 Å². The van der Waals surface area contributed by atoms with Crippen molar-refractivity contribution in [2.24, 2.45) is 5.92 Å². The van der Waals surface area contributed by atoms with E-state index in [9.17, 15) is 8.42 Å². The molecule has 0 fully saturated rings. The van der Waals surface area contributed by atoms with Crippen molar-refractivity contribution in [1.29, 1.82) is 0 Å². The molecule has 2 unspecified atom stereocenters. The maximum absolute atomic E-state index is 10.5. The average molecular weight is 260 g/mol. The van der Waals surface area contributed by atoms with Crippen molar-refractivity contribution in [2.75, 3.05) is 0 Å². The van der Waals surface area contributed by atoms with Crippen LogP contribution in [0.4, 0.5) is 0 Å². The number of rotatable bonds is 6. The molecular weight excluding hydrogens is 239 g/mol. The van der Waals surface area contributed by atoms with Crippen LogP contribution in [0.3, 0.4) is 0 Å². The van der Waals surface area contributed by atoms with Gasteiger partial charge in [-0.3, -0.25) is 4.55 Å². The molecule has 0 rings (SSSR count). The van der Waals surface area contributed by atoms with Gasteiger partial charge in [-0.15, -0.1) is 0 Å². The number of aliphatic hydroxyl groups excluding tert-OH is 1. The van der Waals surface area contributed by atoms with Gasteiger partial charge < -0.3 is 6.53 Å². The van der Waals surface area contributed by atoms with Gasteiger partial charge in [-0.1, -0.05) is 18.6 Å². The smallest absolute Gasteiger partial charge is 1.00 e. The van der Waals surface area contributed by atoms with Gasteiger partial charge >= 0.3 is 29.6 Å². The van der Waals surface area contributed by atoms with E-state index in [1.165, 1.54) is 5.57 Å². The van der Waals surface area contributed by atoms with Crippen LogP contribution < -0.4 is 29.6 Å². The van der Waals surface area contributed by atoms with Crippen LogP contribution in [0, 0.1) is 5.92 Å². The Morgan fingerprint density at radius 1 is 1.44 bits per heavy atom. The van der Waals surface area contributed by atoms with Crippen molar-refractivity contribution in [3.8, 4) is 0 Å². The third-order valence-corrected chi connectivity index (χ3v) is 3.04. The van der Waals surface area contributed by atoms with Crippen LogP contribution in [0.1, 0.15) is 41.5 Å². The van der Waals surface area contributed by atoms with Crippen molar-refractivity contribution in [1.82, 2.24) is 0 Å². The third kappa shape index (κ3) is 9.81. The van der Waals surface area contributed by atoms with Crippen molar-refractivity contribution >= 4 is 10.1 Å². The second-order valence-corrected chi connectivity index (χ2v) is 5.74. The topological polar surface area (TPSA) is 74.6 Å². The zero-order chi connectivity index (χ0) is 12.1. The maximum atomic E-state index is 10.5. The predicted molar refractivity (Wildman–Crippen MR) is 61.1 cm³/mol. The second kappa shape index (κ2) is 8.66. The van der Waals surface area contributed by atoms with Crippen LogP contribution in [-0.4, -0.2) is 23.5 Å². The number of hydrogen-bond acceptors (Lipinski definition) is 3. The zero-order valence-corrected chi connectivity index (χ0v) is 13.3. The van der Waals surface area contributed by atoms with Crippen LogP contribution in [0.5, 0.6) is 0 Å². The van der Waals surface area contributed by atoms with E-state index in [0.717, 1.165) is 12.8 Å². The van der Waals surface area contributed by atoms with Gasteiger partial charge in [-0.2, -0.15) is 8.42 Å². The monoisotopic (exact) mass is 260 g/mol. The molecule has 0 spiro atoms. The largest absolute Gasteiger partial charge is 1.00 e. The molecule has 0 aliphatic carbocycles. The minimum atomic E-state index is -4.30.